The summed E-state index contributed by atoms with van der Waals surface area (Å²) in [5, 5.41) is 7.85. The molecule has 0 aromatic carbocycles. The van der Waals surface area contributed by atoms with E-state index >= 15 is 0 Å². The van der Waals surface area contributed by atoms with Crippen molar-refractivity contribution in [3.05, 3.63) is 0 Å². The van der Waals surface area contributed by atoms with E-state index in [1.165, 1.54) is 11.8 Å². The Morgan fingerprint density at radius 1 is 1.13 bits per heavy atom. The van der Waals surface area contributed by atoms with Gasteiger partial charge >= 0.3 is 0 Å². The Kier molecular flexibility index (Phi) is 18.1. The zero-order valence-corrected chi connectivity index (χ0v) is 19.2. The molecule has 3 aliphatic rings. The van der Waals surface area contributed by atoms with Gasteiger partial charge in [-0.15, -0.1) is 0 Å². The lowest BCUT2D eigenvalue weighted by Gasteiger charge is -2.03. The number of hydrogen-bond acceptors (Lipinski definition) is 5. The molecule has 1 unspecified atom stereocenters. The third-order valence-corrected chi connectivity index (χ3v) is 3.99. The van der Waals surface area contributed by atoms with Crippen LogP contribution in [0, 0.1) is 0 Å². The van der Waals surface area contributed by atoms with Gasteiger partial charge in [0.2, 0.25) is 30.0 Å². The molecule has 0 aromatic heterocycles. The third-order valence-electron chi connectivity index (χ3n) is 3.99. The number of amides is 5. The fraction of sp³-hybridized carbons (Fsp3) is 0.750. The lowest BCUT2D eigenvalue weighted by atomic mass is 10.3. The number of carbonyl (C=O) groups is 5. The normalized spacial score (nSPS) is 18.5. The number of carbonyl (C=O) groups excluding carboxylic acids is 5. The molecule has 0 aliphatic carbocycles. The van der Waals surface area contributed by atoms with Crippen molar-refractivity contribution in [1.29, 1.82) is 0 Å². The van der Waals surface area contributed by atoms with E-state index in [4.69, 9.17) is 0 Å². The Labute approximate surface area is 180 Å². The number of nitrogens with zero attached hydrogens (tertiary/aromatic N) is 2. The predicted octanol–water partition coefficient (Wildman–Crippen LogP) is -0.123. The fourth-order valence-corrected chi connectivity index (χ4v) is 2.11. The van der Waals surface area contributed by atoms with Gasteiger partial charge in [0.15, 0.2) is 0 Å². The highest BCUT2D eigenvalue weighted by Crippen LogP contribution is 2.05. The quantitative estimate of drug-likeness (QED) is 0.501. The number of likely N-dealkylation sites (tertiary alicyclic amines) is 1. The third kappa shape index (κ3) is 20.1. The molecule has 0 spiro atoms. The highest BCUT2D eigenvalue weighted by molar-refractivity contribution is 5.78. The molecule has 3 aliphatic heterocycles. The first-order chi connectivity index (χ1) is 14.0. The van der Waals surface area contributed by atoms with E-state index in [0.717, 1.165) is 58.0 Å². The van der Waals surface area contributed by atoms with E-state index in [1.54, 1.807) is 26.0 Å². The standard InChI is InChI=1S/2C5H9NO.C4H7NO.2C3H7NO/c1-6-4-2-3-5(6)7;1-4-2-3-5(7)6-4;6-4-2-1-3-5-4;1-4(2)3-5;1-3(5)4-2/h2-4H2,1H3;4H,2-3H2,1H3,(H,6,7);1-3H2,(H,5,6);3H,1-2H3;1-2H3,(H,4,5). The van der Waals surface area contributed by atoms with Crippen LogP contribution < -0.4 is 16.0 Å². The summed E-state index contributed by atoms with van der Waals surface area (Å²) < 4.78 is 0. The SMILES string of the molecule is CC1CCC(=O)N1.CN(C)C=O.CN1CCCC1=O.CNC(C)=O.O=C1CCCN1. The van der Waals surface area contributed by atoms with Crippen LogP contribution in [-0.4, -0.2) is 87.2 Å². The molecule has 0 saturated carbocycles. The summed E-state index contributed by atoms with van der Waals surface area (Å²) in [4.78, 5) is 53.3. The van der Waals surface area contributed by atoms with Gasteiger partial charge in [-0.25, -0.2) is 0 Å². The zero-order chi connectivity index (χ0) is 23.5. The first-order valence-corrected chi connectivity index (χ1v) is 10.1. The van der Waals surface area contributed by atoms with Gasteiger partial charge in [0, 0.05) is 73.5 Å². The molecule has 0 aromatic rings. The molecule has 3 heterocycles. The van der Waals surface area contributed by atoms with Crippen LogP contribution in [0.3, 0.4) is 0 Å². The van der Waals surface area contributed by atoms with E-state index in [9.17, 15) is 24.0 Å². The summed E-state index contributed by atoms with van der Waals surface area (Å²) in [7, 11) is 6.82. The Morgan fingerprint density at radius 2 is 1.70 bits per heavy atom. The molecular weight excluding hydrogens is 390 g/mol. The minimum atomic E-state index is 0.00463. The summed E-state index contributed by atoms with van der Waals surface area (Å²) in [6, 6.07) is 0.424. The van der Waals surface area contributed by atoms with Gasteiger partial charge in [-0.1, -0.05) is 0 Å². The van der Waals surface area contributed by atoms with Gasteiger partial charge in [0.1, 0.15) is 0 Å². The molecule has 3 rings (SSSR count). The minimum absolute atomic E-state index is 0.00463. The number of rotatable bonds is 1. The highest BCUT2D eigenvalue weighted by Gasteiger charge is 2.15. The molecule has 3 N–H and O–H groups in total. The average Bonchev–Trinajstić information content (AvgIpc) is 3.42. The van der Waals surface area contributed by atoms with Gasteiger partial charge in [-0.3, -0.25) is 24.0 Å². The van der Waals surface area contributed by atoms with Crippen molar-refractivity contribution in [3.8, 4) is 0 Å². The van der Waals surface area contributed by atoms with Crippen molar-refractivity contribution in [3.63, 3.8) is 0 Å². The smallest absolute Gasteiger partial charge is 0.222 e. The lowest BCUT2D eigenvalue weighted by molar-refractivity contribution is -0.126. The van der Waals surface area contributed by atoms with Crippen LogP contribution in [0.5, 0.6) is 0 Å². The molecule has 5 amide bonds. The van der Waals surface area contributed by atoms with Crippen molar-refractivity contribution in [2.24, 2.45) is 0 Å². The Hall–Kier alpha value is -2.65. The molecule has 0 bridgehead atoms. The van der Waals surface area contributed by atoms with E-state index in [1.807, 2.05) is 14.0 Å². The van der Waals surface area contributed by atoms with E-state index in [0.29, 0.717) is 11.9 Å². The van der Waals surface area contributed by atoms with Gasteiger partial charge in [-0.2, -0.15) is 0 Å². The summed E-state index contributed by atoms with van der Waals surface area (Å²) in [6.07, 6.45) is 6.06. The summed E-state index contributed by atoms with van der Waals surface area (Å²) in [6.45, 7) is 5.34. The second-order valence-corrected chi connectivity index (χ2v) is 7.25. The van der Waals surface area contributed by atoms with Gasteiger partial charge in [-0.05, 0) is 26.2 Å². The molecule has 3 fully saturated rings. The van der Waals surface area contributed by atoms with Crippen LogP contribution in [0.1, 0.15) is 52.4 Å². The van der Waals surface area contributed by atoms with E-state index in [2.05, 4.69) is 16.0 Å². The lowest BCUT2D eigenvalue weighted by Crippen LogP contribution is -2.21. The minimum Gasteiger partial charge on any atom is -0.359 e. The van der Waals surface area contributed by atoms with Crippen LogP contribution >= 0.6 is 0 Å². The first kappa shape index (κ1) is 29.6. The molecule has 10 heteroatoms. The maximum Gasteiger partial charge on any atom is 0.222 e. The molecule has 10 nitrogen and oxygen atoms in total. The van der Waals surface area contributed by atoms with Gasteiger partial charge < -0.3 is 25.8 Å². The summed E-state index contributed by atoms with van der Waals surface area (Å²) in [5.74, 6) is 0.701. The van der Waals surface area contributed by atoms with Crippen LogP contribution in [0.2, 0.25) is 0 Å². The van der Waals surface area contributed by atoms with Crippen molar-refractivity contribution in [1.82, 2.24) is 25.8 Å². The van der Waals surface area contributed by atoms with Crippen molar-refractivity contribution < 1.29 is 24.0 Å². The Bertz CT molecular complexity index is 532. The van der Waals surface area contributed by atoms with Crippen LogP contribution in [0.25, 0.3) is 0 Å². The molecule has 1 atom stereocenters. The zero-order valence-electron chi connectivity index (χ0n) is 19.2. The second-order valence-electron chi connectivity index (χ2n) is 7.25. The monoisotopic (exact) mass is 429 g/mol. The Balaban J connectivity index is 0. The van der Waals surface area contributed by atoms with Crippen LogP contribution in [0.4, 0.5) is 0 Å². The fourth-order valence-electron chi connectivity index (χ4n) is 2.11. The van der Waals surface area contributed by atoms with Crippen molar-refractivity contribution >= 4 is 30.0 Å². The van der Waals surface area contributed by atoms with Crippen LogP contribution in [0.15, 0.2) is 0 Å². The van der Waals surface area contributed by atoms with E-state index < -0.39 is 0 Å². The number of hydrogen-bond donors (Lipinski definition) is 3. The van der Waals surface area contributed by atoms with Gasteiger partial charge in [0.25, 0.3) is 0 Å². The van der Waals surface area contributed by atoms with Crippen molar-refractivity contribution in [2.75, 3.05) is 41.3 Å². The largest absolute Gasteiger partial charge is 0.359 e. The van der Waals surface area contributed by atoms with Crippen LogP contribution in [-0.2, 0) is 24.0 Å². The molecule has 3 saturated heterocycles. The second kappa shape index (κ2) is 18.4. The average molecular weight is 430 g/mol. The topological polar surface area (TPSA) is 128 Å². The highest BCUT2D eigenvalue weighted by atomic mass is 16.2. The summed E-state index contributed by atoms with van der Waals surface area (Å²) in [5.41, 5.74) is 0. The maximum absolute atomic E-state index is 10.5. The molecular formula is C20H39N5O5. The molecule has 30 heavy (non-hydrogen) atoms. The molecule has 0 radical (unpaired) electrons. The first-order valence-electron chi connectivity index (χ1n) is 10.1. The predicted molar refractivity (Wildman–Crippen MR) is 115 cm³/mol. The van der Waals surface area contributed by atoms with Crippen molar-refractivity contribution in [2.45, 2.75) is 58.4 Å². The number of nitrogens with one attached hydrogen (secondary N) is 3. The van der Waals surface area contributed by atoms with E-state index in [-0.39, 0.29) is 17.7 Å². The van der Waals surface area contributed by atoms with Gasteiger partial charge in [0.05, 0.1) is 0 Å². The Morgan fingerprint density at radius 3 is 1.80 bits per heavy atom. The summed E-state index contributed by atoms with van der Waals surface area (Å²) >= 11 is 0. The molecule has 174 valence electrons. The maximum atomic E-state index is 10.5.